The maximum atomic E-state index is 13.0. The van der Waals surface area contributed by atoms with Crippen LogP contribution in [0.2, 0.25) is 5.02 Å². The number of benzene rings is 2. The molecule has 0 spiro atoms. The third-order valence-corrected chi connectivity index (χ3v) is 6.39. The van der Waals surface area contributed by atoms with Gasteiger partial charge in [0, 0.05) is 22.9 Å². The summed E-state index contributed by atoms with van der Waals surface area (Å²) in [6, 6.07) is 18.6. The monoisotopic (exact) mass is 382 g/mol. The molecular formula is C20H15ClN2O2S. The van der Waals surface area contributed by atoms with Crippen molar-refractivity contribution < 1.29 is 9.90 Å². The van der Waals surface area contributed by atoms with Crippen molar-refractivity contribution in [1.29, 1.82) is 5.26 Å². The van der Waals surface area contributed by atoms with Crippen LogP contribution in [0.5, 0.6) is 0 Å². The van der Waals surface area contributed by atoms with Crippen molar-refractivity contribution in [2.45, 2.75) is 18.1 Å². The van der Waals surface area contributed by atoms with Gasteiger partial charge in [-0.2, -0.15) is 5.26 Å². The Morgan fingerprint density at radius 2 is 1.88 bits per heavy atom. The number of aliphatic hydroxyl groups is 1. The number of allylic oxidation sites excluding steroid dienone is 1. The molecule has 0 saturated carbocycles. The van der Waals surface area contributed by atoms with Gasteiger partial charge in [0.05, 0.1) is 22.4 Å². The first kappa shape index (κ1) is 17.2. The molecule has 2 aliphatic rings. The molecule has 0 aliphatic carbocycles. The fourth-order valence-electron chi connectivity index (χ4n) is 3.57. The number of thioether (sulfide) groups is 1. The van der Waals surface area contributed by atoms with Gasteiger partial charge < -0.3 is 5.11 Å². The molecule has 130 valence electrons. The lowest BCUT2D eigenvalue weighted by Crippen LogP contribution is -2.48. The first-order valence-corrected chi connectivity index (χ1v) is 9.55. The lowest BCUT2D eigenvalue weighted by molar-refractivity contribution is -0.149. The van der Waals surface area contributed by atoms with Gasteiger partial charge in [-0.3, -0.25) is 9.69 Å². The van der Waals surface area contributed by atoms with Gasteiger partial charge >= 0.3 is 0 Å². The first-order chi connectivity index (χ1) is 12.6. The lowest BCUT2D eigenvalue weighted by Gasteiger charge is -2.38. The maximum Gasteiger partial charge on any atom is 0.231 e. The van der Waals surface area contributed by atoms with Crippen LogP contribution in [0.3, 0.4) is 0 Å². The van der Waals surface area contributed by atoms with Gasteiger partial charge in [-0.15, -0.1) is 11.8 Å². The van der Waals surface area contributed by atoms with Crippen LogP contribution in [-0.2, 0) is 10.5 Å². The maximum absolute atomic E-state index is 13.0. The number of carbonyl (C=O) groups excluding carboxylic acids is 1. The van der Waals surface area contributed by atoms with E-state index in [4.69, 9.17) is 11.6 Å². The molecule has 4 rings (SSSR count). The lowest BCUT2D eigenvalue weighted by atomic mass is 9.85. The standard InChI is InChI=1S/C20H15ClN2O2S/c21-17-9-5-4-8-14(17)15-10-18(24)23-19(16(15)11-22)26-12-20(23,25)13-6-2-1-3-7-13/h1-9,15,25H,10,12H2/t15-,20+/m0/s1. The molecule has 2 atom stereocenters. The van der Waals surface area contributed by atoms with Crippen LogP contribution in [-0.4, -0.2) is 21.7 Å². The topological polar surface area (TPSA) is 64.3 Å². The Labute approximate surface area is 160 Å². The summed E-state index contributed by atoms with van der Waals surface area (Å²) in [5.41, 5.74) is 0.451. The van der Waals surface area contributed by atoms with E-state index in [1.807, 2.05) is 36.4 Å². The largest absolute Gasteiger partial charge is 0.366 e. The number of carbonyl (C=O) groups is 1. The zero-order chi connectivity index (χ0) is 18.3. The Balaban J connectivity index is 1.84. The Morgan fingerprint density at radius 1 is 1.19 bits per heavy atom. The van der Waals surface area contributed by atoms with Crippen LogP contribution in [0, 0.1) is 11.3 Å². The molecule has 2 aromatic rings. The third-order valence-electron chi connectivity index (χ3n) is 4.83. The van der Waals surface area contributed by atoms with Crippen molar-refractivity contribution in [1.82, 2.24) is 4.90 Å². The smallest absolute Gasteiger partial charge is 0.231 e. The Bertz CT molecular complexity index is 954. The van der Waals surface area contributed by atoms with Crippen LogP contribution in [0.15, 0.2) is 65.2 Å². The van der Waals surface area contributed by atoms with Gasteiger partial charge in [-0.05, 0) is 11.6 Å². The van der Waals surface area contributed by atoms with E-state index in [1.54, 1.807) is 18.2 Å². The van der Waals surface area contributed by atoms with Crippen LogP contribution >= 0.6 is 23.4 Å². The molecule has 1 amide bonds. The molecule has 1 N–H and O–H groups in total. The summed E-state index contributed by atoms with van der Waals surface area (Å²) >= 11 is 7.65. The number of rotatable bonds is 2. The van der Waals surface area contributed by atoms with Gasteiger partial charge in [0.2, 0.25) is 5.91 Å². The molecule has 0 radical (unpaired) electrons. The molecule has 2 heterocycles. The third kappa shape index (κ3) is 2.53. The molecule has 0 bridgehead atoms. The SMILES string of the molecule is N#CC1=C2SC[C@@](O)(c3ccccc3)N2C(=O)C[C@H]1c1ccccc1Cl. The van der Waals surface area contributed by atoms with Gasteiger partial charge in [0.25, 0.3) is 0 Å². The number of fused-ring (bicyclic) bond motifs is 1. The summed E-state index contributed by atoms with van der Waals surface area (Å²) in [6.07, 6.45) is 0.103. The average molecular weight is 383 g/mol. The van der Waals surface area contributed by atoms with Crippen molar-refractivity contribution in [3.05, 3.63) is 81.3 Å². The number of hydrogen-bond donors (Lipinski definition) is 1. The number of hydrogen-bond acceptors (Lipinski definition) is 4. The van der Waals surface area contributed by atoms with E-state index in [0.29, 0.717) is 26.9 Å². The van der Waals surface area contributed by atoms with E-state index in [0.717, 1.165) is 5.56 Å². The molecule has 1 saturated heterocycles. The van der Waals surface area contributed by atoms with Crippen molar-refractivity contribution in [2.24, 2.45) is 0 Å². The zero-order valence-electron chi connectivity index (χ0n) is 13.7. The highest BCUT2D eigenvalue weighted by molar-refractivity contribution is 8.03. The Kier molecular flexibility index (Phi) is 4.28. The molecule has 26 heavy (non-hydrogen) atoms. The average Bonchev–Trinajstić information content (AvgIpc) is 3.02. The summed E-state index contributed by atoms with van der Waals surface area (Å²) in [5, 5.41) is 22.1. The zero-order valence-corrected chi connectivity index (χ0v) is 15.3. The molecule has 0 aromatic heterocycles. The molecule has 2 aliphatic heterocycles. The fourth-order valence-corrected chi connectivity index (χ4v) is 5.19. The van der Waals surface area contributed by atoms with Gasteiger partial charge in [0.15, 0.2) is 5.72 Å². The number of nitriles is 1. The summed E-state index contributed by atoms with van der Waals surface area (Å²) in [6.45, 7) is 0. The van der Waals surface area contributed by atoms with Crippen molar-refractivity contribution in [3.8, 4) is 6.07 Å². The summed E-state index contributed by atoms with van der Waals surface area (Å²) in [4.78, 5) is 14.4. The van der Waals surface area contributed by atoms with E-state index in [9.17, 15) is 15.2 Å². The summed E-state index contributed by atoms with van der Waals surface area (Å²) in [7, 11) is 0. The number of amides is 1. The van der Waals surface area contributed by atoms with Crippen molar-refractivity contribution in [2.75, 3.05) is 5.75 Å². The highest BCUT2D eigenvalue weighted by atomic mass is 35.5. The molecule has 0 unspecified atom stereocenters. The molecular weight excluding hydrogens is 368 g/mol. The van der Waals surface area contributed by atoms with E-state index in [-0.39, 0.29) is 12.3 Å². The number of nitrogens with zero attached hydrogens (tertiary/aromatic N) is 2. The van der Waals surface area contributed by atoms with Crippen molar-refractivity contribution >= 4 is 29.3 Å². The number of halogens is 1. The summed E-state index contributed by atoms with van der Waals surface area (Å²) < 4.78 is 0. The second-order valence-corrected chi connectivity index (χ2v) is 7.68. The second kappa shape index (κ2) is 6.48. The first-order valence-electron chi connectivity index (χ1n) is 8.18. The van der Waals surface area contributed by atoms with Gasteiger partial charge in [0.1, 0.15) is 0 Å². The minimum Gasteiger partial charge on any atom is -0.366 e. The van der Waals surface area contributed by atoms with E-state index in [2.05, 4.69) is 6.07 Å². The van der Waals surface area contributed by atoms with Crippen LogP contribution in [0.25, 0.3) is 0 Å². The Hall–Kier alpha value is -2.26. The molecule has 4 nitrogen and oxygen atoms in total. The predicted octanol–water partition coefficient (Wildman–Crippen LogP) is 3.98. The fraction of sp³-hybridized carbons (Fsp3) is 0.200. The van der Waals surface area contributed by atoms with Crippen LogP contribution in [0.4, 0.5) is 0 Å². The quantitative estimate of drug-likeness (QED) is 0.853. The predicted molar refractivity (Wildman–Crippen MR) is 101 cm³/mol. The van der Waals surface area contributed by atoms with Crippen LogP contribution < -0.4 is 0 Å². The molecule has 2 aromatic carbocycles. The minimum atomic E-state index is -1.44. The minimum absolute atomic E-state index is 0.103. The van der Waals surface area contributed by atoms with E-state index < -0.39 is 11.6 Å². The molecule has 1 fully saturated rings. The normalized spacial score (nSPS) is 25.2. The van der Waals surface area contributed by atoms with Crippen molar-refractivity contribution in [3.63, 3.8) is 0 Å². The molecule has 6 heteroatoms. The second-order valence-electron chi connectivity index (χ2n) is 6.31. The van der Waals surface area contributed by atoms with E-state index >= 15 is 0 Å². The Morgan fingerprint density at radius 3 is 2.58 bits per heavy atom. The van der Waals surface area contributed by atoms with Gasteiger partial charge in [-0.25, -0.2) is 0 Å². The highest BCUT2D eigenvalue weighted by Gasteiger charge is 2.51. The summed E-state index contributed by atoms with van der Waals surface area (Å²) in [5.74, 6) is -0.309. The van der Waals surface area contributed by atoms with Crippen LogP contribution in [0.1, 0.15) is 23.5 Å². The highest BCUT2D eigenvalue weighted by Crippen LogP contribution is 2.52. The van der Waals surface area contributed by atoms with Gasteiger partial charge in [-0.1, -0.05) is 60.1 Å². The van der Waals surface area contributed by atoms with E-state index in [1.165, 1.54) is 16.7 Å².